The predicted octanol–water partition coefficient (Wildman–Crippen LogP) is 3.14. The van der Waals surface area contributed by atoms with E-state index in [4.69, 9.17) is 11.6 Å². The molecule has 4 nitrogen and oxygen atoms in total. The van der Waals surface area contributed by atoms with E-state index >= 15 is 0 Å². The highest BCUT2D eigenvalue weighted by molar-refractivity contribution is 7.90. The van der Waals surface area contributed by atoms with Crippen molar-refractivity contribution in [3.63, 3.8) is 0 Å². The van der Waals surface area contributed by atoms with Crippen LogP contribution in [0.4, 0.5) is 0 Å². The van der Waals surface area contributed by atoms with Crippen LogP contribution in [0.1, 0.15) is 24.1 Å². The molecule has 108 valence electrons. The smallest absolute Gasteiger partial charge is 0.263 e. The highest BCUT2D eigenvalue weighted by atomic mass is 35.5. The minimum atomic E-state index is -3.51. The minimum Gasteiger partial charge on any atom is -0.263 e. The molecule has 0 amide bonds. The number of aliphatic imine (C=N–C) groups is 1. The third kappa shape index (κ3) is 2.54. The second-order valence-corrected chi connectivity index (χ2v) is 6.83. The van der Waals surface area contributed by atoms with Crippen LogP contribution in [0.5, 0.6) is 0 Å². The fourth-order valence-corrected chi connectivity index (χ4v) is 3.84. The molecule has 0 spiro atoms. The van der Waals surface area contributed by atoms with Crippen LogP contribution in [0.15, 0.2) is 58.4 Å². The SMILES string of the molecule is CC(N=C1NS(=O)(=O)c2ccccc21)c1ccccc1Cl. The van der Waals surface area contributed by atoms with Crippen LogP contribution < -0.4 is 4.72 Å². The standard InChI is InChI=1S/C15H13ClN2O2S/c1-10(11-6-2-4-8-13(11)16)17-15-12-7-3-5-9-14(12)21(19,20)18-15/h2-10H,1H3,(H,17,18). The van der Waals surface area contributed by atoms with Gasteiger partial charge in [-0.05, 0) is 30.7 Å². The van der Waals surface area contributed by atoms with E-state index < -0.39 is 10.0 Å². The number of amidine groups is 1. The Labute approximate surface area is 128 Å². The lowest BCUT2D eigenvalue weighted by Crippen LogP contribution is -2.22. The number of hydrogen-bond acceptors (Lipinski definition) is 3. The number of nitrogens with one attached hydrogen (secondary N) is 1. The molecule has 1 atom stereocenters. The van der Waals surface area contributed by atoms with Crippen molar-refractivity contribution >= 4 is 27.5 Å². The van der Waals surface area contributed by atoms with Gasteiger partial charge in [0.25, 0.3) is 10.0 Å². The lowest BCUT2D eigenvalue weighted by molar-refractivity contribution is 0.595. The lowest BCUT2D eigenvalue weighted by atomic mass is 10.1. The summed E-state index contributed by atoms with van der Waals surface area (Å²) in [4.78, 5) is 4.75. The van der Waals surface area contributed by atoms with Gasteiger partial charge in [0.05, 0.1) is 10.9 Å². The molecule has 1 unspecified atom stereocenters. The predicted molar refractivity (Wildman–Crippen MR) is 83.2 cm³/mol. The molecule has 1 heterocycles. The van der Waals surface area contributed by atoms with E-state index in [0.29, 0.717) is 16.4 Å². The van der Waals surface area contributed by atoms with Crippen molar-refractivity contribution in [2.45, 2.75) is 17.9 Å². The zero-order valence-corrected chi connectivity index (χ0v) is 12.8. The Morgan fingerprint density at radius 2 is 1.76 bits per heavy atom. The van der Waals surface area contributed by atoms with Crippen LogP contribution in [0.3, 0.4) is 0 Å². The maximum atomic E-state index is 12.0. The first kappa shape index (κ1) is 14.1. The van der Waals surface area contributed by atoms with Crippen molar-refractivity contribution in [1.82, 2.24) is 4.72 Å². The second-order valence-electron chi connectivity index (χ2n) is 4.78. The van der Waals surface area contributed by atoms with Crippen LogP contribution in [0, 0.1) is 0 Å². The van der Waals surface area contributed by atoms with Gasteiger partial charge in [0, 0.05) is 10.6 Å². The highest BCUT2D eigenvalue weighted by Gasteiger charge is 2.30. The van der Waals surface area contributed by atoms with Gasteiger partial charge >= 0.3 is 0 Å². The third-order valence-electron chi connectivity index (χ3n) is 3.34. The van der Waals surface area contributed by atoms with Crippen molar-refractivity contribution in [3.8, 4) is 0 Å². The zero-order valence-electron chi connectivity index (χ0n) is 11.2. The average Bonchev–Trinajstić information content (AvgIpc) is 2.71. The zero-order chi connectivity index (χ0) is 15.0. The molecule has 0 radical (unpaired) electrons. The topological polar surface area (TPSA) is 58.5 Å². The molecule has 0 aliphatic carbocycles. The van der Waals surface area contributed by atoms with Crippen LogP contribution in [0.25, 0.3) is 0 Å². The summed E-state index contributed by atoms with van der Waals surface area (Å²) < 4.78 is 26.6. The van der Waals surface area contributed by atoms with Crippen molar-refractivity contribution in [1.29, 1.82) is 0 Å². The summed E-state index contributed by atoms with van der Waals surface area (Å²) in [6, 6.07) is 13.9. The molecule has 1 N–H and O–H groups in total. The monoisotopic (exact) mass is 320 g/mol. The first-order valence-corrected chi connectivity index (χ1v) is 8.29. The molecule has 2 aromatic carbocycles. The number of nitrogens with zero attached hydrogens (tertiary/aromatic N) is 1. The number of benzene rings is 2. The molecule has 1 aliphatic rings. The molecule has 2 aromatic rings. The number of halogens is 1. The van der Waals surface area contributed by atoms with E-state index in [0.717, 1.165) is 5.56 Å². The van der Waals surface area contributed by atoms with Gasteiger partial charge in [-0.15, -0.1) is 0 Å². The van der Waals surface area contributed by atoms with Crippen LogP contribution in [-0.4, -0.2) is 14.3 Å². The summed E-state index contributed by atoms with van der Waals surface area (Å²) >= 11 is 6.15. The highest BCUT2D eigenvalue weighted by Crippen LogP contribution is 2.28. The van der Waals surface area contributed by atoms with Crippen molar-refractivity contribution < 1.29 is 8.42 Å². The number of hydrogen-bond donors (Lipinski definition) is 1. The fourth-order valence-electron chi connectivity index (χ4n) is 2.31. The van der Waals surface area contributed by atoms with E-state index in [1.807, 2.05) is 25.1 Å². The Balaban J connectivity index is 2.05. The van der Waals surface area contributed by atoms with Crippen LogP contribution >= 0.6 is 11.6 Å². The van der Waals surface area contributed by atoms with Gasteiger partial charge in [0.15, 0.2) is 0 Å². The molecular weight excluding hydrogens is 308 g/mol. The van der Waals surface area contributed by atoms with Gasteiger partial charge in [0.2, 0.25) is 0 Å². The summed E-state index contributed by atoms with van der Waals surface area (Å²) in [5.41, 5.74) is 1.45. The normalized spacial score (nSPS) is 19.0. The van der Waals surface area contributed by atoms with Crippen molar-refractivity contribution in [2.24, 2.45) is 4.99 Å². The Hall–Kier alpha value is -1.85. The number of fused-ring (bicyclic) bond motifs is 1. The second kappa shape index (κ2) is 5.16. The maximum absolute atomic E-state index is 12.0. The van der Waals surface area contributed by atoms with E-state index in [-0.39, 0.29) is 10.9 Å². The van der Waals surface area contributed by atoms with Crippen LogP contribution in [-0.2, 0) is 10.0 Å². The van der Waals surface area contributed by atoms with Crippen LogP contribution in [0.2, 0.25) is 5.02 Å². The Kier molecular flexibility index (Phi) is 3.47. The fraction of sp³-hybridized carbons (Fsp3) is 0.133. The third-order valence-corrected chi connectivity index (χ3v) is 5.08. The van der Waals surface area contributed by atoms with Gasteiger partial charge in [-0.25, -0.2) is 8.42 Å². The van der Waals surface area contributed by atoms with E-state index in [1.165, 1.54) is 0 Å². The summed E-state index contributed by atoms with van der Waals surface area (Å²) in [6.45, 7) is 1.88. The van der Waals surface area contributed by atoms with E-state index in [1.54, 1.807) is 30.3 Å². The van der Waals surface area contributed by atoms with Crippen molar-refractivity contribution in [2.75, 3.05) is 0 Å². The first-order valence-electron chi connectivity index (χ1n) is 6.43. The molecule has 3 rings (SSSR count). The molecular formula is C15H13ClN2O2S. The van der Waals surface area contributed by atoms with Gasteiger partial charge in [0.1, 0.15) is 5.84 Å². The lowest BCUT2D eigenvalue weighted by Gasteiger charge is -2.10. The van der Waals surface area contributed by atoms with Gasteiger partial charge in [-0.1, -0.05) is 41.9 Å². The number of sulfonamides is 1. The quantitative estimate of drug-likeness (QED) is 0.924. The Morgan fingerprint density at radius 3 is 2.52 bits per heavy atom. The summed E-state index contributed by atoms with van der Waals surface area (Å²) in [7, 11) is -3.51. The average molecular weight is 321 g/mol. The summed E-state index contributed by atoms with van der Waals surface area (Å²) in [5, 5.41) is 0.614. The molecule has 1 aliphatic heterocycles. The summed E-state index contributed by atoms with van der Waals surface area (Å²) in [5.74, 6) is 0.359. The molecule has 0 aromatic heterocycles. The van der Waals surface area contributed by atoms with E-state index in [9.17, 15) is 8.42 Å². The molecule has 0 fully saturated rings. The van der Waals surface area contributed by atoms with E-state index in [2.05, 4.69) is 9.71 Å². The number of rotatable bonds is 2. The Morgan fingerprint density at radius 1 is 1.10 bits per heavy atom. The molecule has 21 heavy (non-hydrogen) atoms. The van der Waals surface area contributed by atoms with Gasteiger partial charge in [-0.2, -0.15) is 0 Å². The minimum absolute atomic E-state index is 0.248. The molecule has 0 saturated heterocycles. The van der Waals surface area contributed by atoms with Gasteiger partial charge in [-0.3, -0.25) is 9.71 Å². The van der Waals surface area contributed by atoms with Crippen molar-refractivity contribution in [3.05, 3.63) is 64.7 Å². The largest absolute Gasteiger partial charge is 0.263 e. The van der Waals surface area contributed by atoms with Gasteiger partial charge < -0.3 is 0 Å². The first-order chi connectivity index (χ1) is 9.99. The summed E-state index contributed by atoms with van der Waals surface area (Å²) in [6.07, 6.45) is 0. The molecule has 0 saturated carbocycles. The molecule has 0 bridgehead atoms. The molecule has 6 heteroatoms. The Bertz CT molecular complexity index is 831. The maximum Gasteiger partial charge on any atom is 0.263 e.